The highest BCUT2D eigenvalue weighted by Crippen LogP contribution is 2.10. The Bertz CT molecular complexity index is 1040. The minimum Gasteiger partial charge on any atom is -0.511 e. The third kappa shape index (κ3) is 3.56. The Labute approximate surface area is 149 Å². The number of nitrogens with zero attached hydrogens (tertiary/aromatic N) is 3. The molecule has 3 rings (SSSR count). The number of aliphatic carboxylic acids is 1. The van der Waals surface area contributed by atoms with Crippen LogP contribution in [-0.4, -0.2) is 30.8 Å². The lowest BCUT2D eigenvalue weighted by Gasteiger charge is -2.07. The standard InChI is InChI=1S/C19H19N3O4/c1-12(19(25)26)9-15(23)17-16(24)10-14(22-18(17)20-11-21-22)8-7-13-5-3-2-4-6-13/h2-6,10-12,23H,7-9H2,1H3,(H,25,26)/t12-/m1/s1. The minimum atomic E-state index is -1.04. The van der Waals surface area contributed by atoms with Gasteiger partial charge in [-0.1, -0.05) is 37.3 Å². The highest BCUT2D eigenvalue weighted by Gasteiger charge is 2.17. The highest BCUT2D eigenvalue weighted by atomic mass is 16.4. The molecule has 2 N–H and O–H groups in total. The largest absolute Gasteiger partial charge is 0.511 e. The molecule has 1 aromatic carbocycles. The van der Waals surface area contributed by atoms with Gasteiger partial charge in [-0.25, -0.2) is 9.50 Å². The van der Waals surface area contributed by atoms with Crippen molar-refractivity contribution >= 4 is 17.4 Å². The average Bonchev–Trinajstić information content (AvgIpc) is 3.09. The van der Waals surface area contributed by atoms with E-state index in [1.165, 1.54) is 23.8 Å². The van der Waals surface area contributed by atoms with Gasteiger partial charge in [0.1, 0.15) is 17.3 Å². The van der Waals surface area contributed by atoms with E-state index in [2.05, 4.69) is 10.1 Å². The van der Waals surface area contributed by atoms with Gasteiger partial charge in [0.25, 0.3) is 0 Å². The maximum atomic E-state index is 12.5. The maximum absolute atomic E-state index is 12.5. The normalized spacial score (nSPS) is 13.6. The molecule has 7 heteroatoms. The SMILES string of the molecule is C[C@H](CC(O)=c1c(=O)cc(CCc2ccccc2)n2ncnc12)C(=O)O. The molecule has 0 unspecified atom stereocenters. The second kappa shape index (κ2) is 7.35. The number of hydrogen-bond donors (Lipinski definition) is 2. The zero-order valence-corrected chi connectivity index (χ0v) is 14.3. The van der Waals surface area contributed by atoms with E-state index in [1.807, 2.05) is 30.3 Å². The number of carbonyl (C=O) groups is 1. The summed E-state index contributed by atoms with van der Waals surface area (Å²) in [5.74, 6) is -2.13. The Morgan fingerprint density at radius 1 is 1.19 bits per heavy atom. The van der Waals surface area contributed by atoms with Crippen LogP contribution in [0.1, 0.15) is 24.6 Å². The molecule has 0 saturated carbocycles. The van der Waals surface area contributed by atoms with E-state index in [0.29, 0.717) is 12.1 Å². The van der Waals surface area contributed by atoms with E-state index < -0.39 is 11.9 Å². The fourth-order valence-corrected chi connectivity index (χ4v) is 2.86. The summed E-state index contributed by atoms with van der Waals surface area (Å²) in [4.78, 5) is 27.6. The summed E-state index contributed by atoms with van der Waals surface area (Å²) in [6, 6.07) is 11.3. The first-order chi connectivity index (χ1) is 12.5. The molecule has 0 aliphatic rings. The van der Waals surface area contributed by atoms with E-state index >= 15 is 0 Å². The fourth-order valence-electron chi connectivity index (χ4n) is 2.86. The Kier molecular flexibility index (Phi) is 4.97. The predicted molar refractivity (Wildman–Crippen MR) is 95.8 cm³/mol. The molecule has 2 heterocycles. The molecule has 0 aliphatic heterocycles. The molecule has 0 amide bonds. The number of benzene rings is 1. The zero-order chi connectivity index (χ0) is 18.7. The number of carboxylic acids is 1. The van der Waals surface area contributed by atoms with Gasteiger partial charge in [-0.15, -0.1) is 0 Å². The molecule has 1 atom stereocenters. The van der Waals surface area contributed by atoms with Gasteiger partial charge in [-0.2, -0.15) is 5.10 Å². The number of aromatic nitrogens is 3. The third-order valence-corrected chi connectivity index (χ3v) is 4.31. The van der Waals surface area contributed by atoms with E-state index in [-0.39, 0.29) is 28.5 Å². The molecule has 3 aromatic rings. The Hall–Kier alpha value is -3.22. The van der Waals surface area contributed by atoms with Gasteiger partial charge < -0.3 is 10.2 Å². The predicted octanol–water partition coefficient (Wildman–Crippen LogP) is 1.37. The van der Waals surface area contributed by atoms with Crippen LogP contribution in [-0.2, 0) is 17.6 Å². The van der Waals surface area contributed by atoms with E-state index in [9.17, 15) is 14.7 Å². The van der Waals surface area contributed by atoms with Crippen LogP contribution in [0.25, 0.3) is 11.4 Å². The molecule has 0 spiro atoms. The summed E-state index contributed by atoms with van der Waals surface area (Å²) in [5, 5.41) is 23.5. The number of fused-ring (bicyclic) bond motifs is 1. The van der Waals surface area contributed by atoms with Crippen LogP contribution >= 0.6 is 0 Å². The molecule has 2 aromatic heterocycles. The van der Waals surface area contributed by atoms with Crippen LogP contribution < -0.4 is 10.6 Å². The Morgan fingerprint density at radius 3 is 2.62 bits per heavy atom. The monoisotopic (exact) mass is 353 g/mol. The number of rotatable bonds is 6. The molecule has 0 fully saturated rings. The van der Waals surface area contributed by atoms with Crippen LogP contribution in [0, 0.1) is 5.92 Å². The molecule has 7 nitrogen and oxygen atoms in total. The van der Waals surface area contributed by atoms with Crippen molar-refractivity contribution in [2.24, 2.45) is 5.92 Å². The maximum Gasteiger partial charge on any atom is 0.306 e. The van der Waals surface area contributed by atoms with Gasteiger partial charge in [0.15, 0.2) is 11.1 Å². The van der Waals surface area contributed by atoms with Crippen LogP contribution in [0.3, 0.4) is 0 Å². The second-order valence-electron chi connectivity index (χ2n) is 6.25. The quantitative estimate of drug-likeness (QED) is 0.693. The highest BCUT2D eigenvalue weighted by molar-refractivity contribution is 5.71. The first-order valence-corrected chi connectivity index (χ1v) is 8.32. The average molecular weight is 353 g/mol. The summed E-state index contributed by atoms with van der Waals surface area (Å²) in [7, 11) is 0. The first-order valence-electron chi connectivity index (χ1n) is 8.32. The lowest BCUT2D eigenvalue weighted by Crippen LogP contribution is -2.31. The first kappa shape index (κ1) is 17.6. The van der Waals surface area contributed by atoms with Crippen LogP contribution in [0.4, 0.5) is 0 Å². The molecule has 26 heavy (non-hydrogen) atoms. The van der Waals surface area contributed by atoms with E-state index in [0.717, 1.165) is 12.0 Å². The van der Waals surface area contributed by atoms with Crippen molar-refractivity contribution in [3.05, 3.63) is 69.4 Å². The van der Waals surface area contributed by atoms with Crippen molar-refractivity contribution in [2.45, 2.75) is 26.2 Å². The number of hydrogen-bond acceptors (Lipinski definition) is 5. The molecule has 0 radical (unpaired) electrons. The molecule has 0 saturated heterocycles. The Balaban J connectivity index is 2.01. The van der Waals surface area contributed by atoms with Crippen molar-refractivity contribution < 1.29 is 15.0 Å². The lowest BCUT2D eigenvalue weighted by atomic mass is 10.0. The third-order valence-electron chi connectivity index (χ3n) is 4.31. The van der Waals surface area contributed by atoms with Gasteiger partial charge in [0, 0.05) is 18.2 Å². The van der Waals surface area contributed by atoms with Crippen molar-refractivity contribution in [1.82, 2.24) is 14.6 Å². The summed E-state index contributed by atoms with van der Waals surface area (Å²) < 4.78 is 1.53. The smallest absolute Gasteiger partial charge is 0.306 e. The summed E-state index contributed by atoms with van der Waals surface area (Å²) in [6.07, 6.45) is 2.50. The van der Waals surface area contributed by atoms with Crippen LogP contribution in [0.5, 0.6) is 0 Å². The van der Waals surface area contributed by atoms with Gasteiger partial charge in [0.2, 0.25) is 0 Å². The van der Waals surface area contributed by atoms with E-state index in [1.54, 1.807) is 0 Å². The number of aliphatic hydroxyl groups excluding tert-OH is 1. The molecule has 0 aliphatic carbocycles. The molecular formula is C19H19N3O4. The van der Waals surface area contributed by atoms with Crippen molar-refractivity contribution in [3.8, 4) is 0 Å². The molecule has 134 valence electrons. The summed E-state index contributed by atoms with van der Waals surface area (Å²) in [5.41, 5.74) is 1.69. The van der Waals surface area contributed by atoms with Gasteiger partial charge >= 0.3 is 5.97 Å². The fraction of sp³-hybridized carbons (Fsp3) is 0.263. The van der Waals surface area contributed by atoms with Crippen LogP contribution in [0.2, 0.25) is 0 Å². The minimum absolute atomic E-state index is 0.0130. The van der Waals surface area contributed by atoms with Crippen molar-refractivity contribution in [1.29, 1.82) is 0 Å². The molecular weight excluding hydrogens is 334 g/mol. The summed E-state index contributed by atoms with van der Waals surface area (Å²) in [6.45, 7) is 1.47. The van der Waals surface area contributed by atoms with Crippen molar-refractivity contribution in [2.75, 3.05) is 0 Å². The van der Waals surface area contributed by atoms with Crippen LogP contribution in [0.15, 0.2) is 47.5 Å². The van der Waals surface area contributed by atoms with Crippen molar-refractivity contribution in [3.63, 3.8) is 0 Å². The zero-order valence-electron chi connectivity index (χ0n) is 14.3. The van der Waals surface area contributed by atoms with E-state index in [4.69, 9.17) is 5.11 Å². The number of carboxylic acid groups (broad SMARTS) is 1. The van der Waals surface area contributed by atoms with Gasteiger partial charge in [-0.3, -0.25) is 9.59 Å². The number of aliphatic hydroxyl groups is 1. The second-order valence-corrected chi connectivity index (χ2v) is 6.25. The number of pyridine rings is 1. The molecule has 0 bridgehead atoms. The van der Waals surface area contributed by atoms with Gasteiger partial charge in [0.05, 0.1) is 5.92 Å². The topological polar surface area (TPSA) is 105 Å². The summed E-state index contributed by atoms with van der Waals surface area (Å²) >= 11 is 0. The van der Waals surface area contributed by atoms with Gasteiger partial charge in [-0.05, 0) is 18.4 Å². The Morgan fingerprint density at radius 2 is 1.92 bits per heavy atom. The lowest BCUT2D eigenvalue weighted by molar-refractivity contribution is -0.141. The number of aryl methyl sites for hydroxylation is 2.